The Hall–Kier alpha value is -1.53. The highest BCUT2D eigenvalue weighted by Crippen LogP contribution is 2.30. The van der Waals surface area contributed by atoms with Crippen molar-refractivity contribution in [2.45, 2.75) is 51.6 Å². The van der Waals surface area contributed by atoms with Crippen LogP contribution in [0.1, 0.15) is 51.0 Å². The van der Waals surface area contributed by atoms with E-state index in [1.165, 1.54) is 25.3 Å². The summed E-state index contributed by atoms with van der Waals surface area (Å²) >= 11 is 0. The minimum absolute atomic E-state index is 0.0399. The molecule has 0 aromatic heterocycles. The van der Waals surface area contributed by atoms with Crippen molar-refractivity contribution < 1.29 is 14.2 Å². The van der Waals surface area contributed by atoms with E-state index in [2.05, 4.69) is 18.8 Å². The molecule has 1 aromatic carbocycles. The van der Waals surface area contributed by atoms with Crippen molar-refractivity contribution in [1.29, 1.82) is 0 Å². The van der Waals surface area contributed by atoms with Crippen LogP contribution in [0, 0.1) is 23.6 Å². The average Bonchev–Trinajstić information content (AvgIpc) is 2.51. The van der Waals surface area contributed by atoms with Crippen LogP contribution in [0.3, 0.4) is 0 Å². The smallest absolute Gasteiger partial charge is 0.165 e. The molecule has 0 aliphatic heterocycles. The summed E-state index contributed by atoms with van der Waals surface area (Å²) in [5.74, 6) is 6.51. The van der Waals surface area contributed by atoms with Crippen LogP contribution in [-0.2, 0) is 0 Å². The Morgan fingerprint density at radius 3 is 2.71 bits per heavy atom. The molecular formula is C18H23FO2. The van der Waals surface area contributed by atoms with E-state index in [0.29, 0.717) is 12.2 Å². The van der Waals surface area contributed by atoms with Crippen molar-refractivity contribution in [3.8, 4) is 17.6 Å². The zero-order valence-corrected chi connectivity index (χ0v) is 12.6. The van der Waals surface area contributed by atoms with Crippen molar-refractivity contribution in [3.05, 3.63) is 29.6 Å². The van der Waals surface area contributed by atoms with Crippen molar-refractivity contribution >= 4 is 0 Å². The van der Waals surface area contributed by atoms with E-state index in [9.17, 15) is 4.39 Å². The van der Waals surface area contributed by atoms with Gasteiger partial charge in [-0.05, 0) is 49.8 Å². The number of halogens is 1. The molecule has 0 heterocycles. The zero-order valence-electron chi connectivity index (χ0n) is 12.6. The highest BCUT2D eigenvalue weighted by atomic mass is 19.1. The maximum atomic E-state index is 13.8. The molecule has 0 saturated heterocycles. The number of benzene rings is 1. The number of hydrogen-bond donors (Lipinski definition) is 1. The van der Waals surface area contributed by atoms with E-state index in [1.807, 2.05) is 0 Å². The van der Waals surface area contributed by atoms with Crippen molar-refractivity contribution in [1.82, 2.24) is 0 Å². The minimum Gasteiger partial charge on any atom is -0.487 e. The number of ether oxygens (including phenoxy) is 1. The number of rotatable bonds is 4. The van der Waals surface area contributed by atoms with Gasteiger partial charge in [-0.1, -0.05) is 25.2 Å². The number of hydrogen-bond acceptors (Lipinski definition) is 2. The van der Waals surface area contributed by atoms with E-state index in [-0.39, 0.29) is 18.5 Å². The van der Waals surface area contributed by atoms with Crippen LogP contribution in [-0.4, -0.2) is 17.8 Å². The highest BCUT2D eigenvalue weighted by Gasteiger charge is 2.22. The van der Waals surface area contributed by atoms with Gasteiger partial charge in [-0.25, -0.2) is 4.39 Å². The van der Waals surface area contributed by atoms with Crippen LogP contribution in [0.4, 0.5) is 4.39 Å². The Labute approximate surface area is 126 Å². The molecule has 0 unspecified atom stereocenters. The molecule has 1 saturated carbocycles. The molecule has 2 rings (SSSR count). The van der Waals surface area contributed by atoms with E-state index < -0.39 is 0 Å². The first-order chi connectivity index (χ1) is 10.2. The molecule has 114 valence electrons. The summed E-state index contributed by atoms with van der Waals surface area (Å²) in [4.78, 5) is 0. The molecule has 1 fully saturated rings. The fourth-order valence-corrected chi connectivity index (χ4v) is 2.73. The Bertz CT molecular complexity index is 508. The van der Waals surface area contributed by atoms with E-state index in [1.54, 1.807) is 12.1 Å². The first kappa shape index (κ1) is 15.9. The van der Waals surface area contributed by atoms with Crippen molar-refractivity contribution in [2.75, 3.05) is 6.61 Å². The second kappa shape index (κ2) is 8.05. The summed E-state index contributed by atoms with van der Waals surface area (Å²) in [5, 5.41) is 8.71. The van der Waals surface area contributed by atoms with E-state index >= 15 is 0 Å². The molecule has 0 amide bonds. The minimum atomic E-state index is -0.333. The normalized spacial score (nSPS) is 21.5. The maximum Gasteiger partial charge on any atom is 0.165 e. The molecule has 21 heavy (non-hydrogen) atoms. The molecule has 0 radical (unpaired) electrons. The molecule has 1 aliphatic rings. The lowest BCUT2D eigenvalue weighted by Gasteiger charge is -2.28. The predicted octanol–water partition coefficient (Wildman–Crippen LogP) is 3.91. The molecule has 0 spiro atoms. The summed E-state index contributed by atoms with van der Waals surface area (Å²) < 4.78 is 19.7. The summed E-state index contributed by atoms with van der Waals surface area (Å²) in [5.41, 5.74) is 0.724. The van der Waals surface area contributed by atoms with Crippen LogP contribution in [0.2, 0.25) is 0 Å². The van der Waals surface area contributed by atoms with E-state index in [4.69, 9.17) is 9.84 Å². The Kier molecular flexibility index (Phi) is 6.07. The molecule has 0 bridgehead atoms. The second-order valence-corrected chi connectivity index (χ2v) is 5.59. The fourth-order valence-electron chi connectivity index (χ4n) is 2.73. The largest absolute Gasteiger partial charge is 0.487 e. The summed E-state index contributed by atoms with van der Waals surface area (Å²) in [6.07, 6.45) is 6.09. The number of aliphatic hydroxyl groups excluding tert-OH is 1. The molecule has 1 N–H and O–H groups in total. The van der Waals surface area contributed by atoms with Gasteiger partial charge in [0.15, 0.2) is 11.6 Å². The SMILES string of the molecule is CCC1CCC(Oc2cc(C#CCCO)ccc2F)CC1. The summed E-state index contributed by atoms with van der Waals surface area (Å²) in [7, 11) is 0. The Morgan fingerprint density at radius 2 is 2.05 bits per heavy atom. The van der Waals surface area contributed by atoms with Crippen LogP contribution in [0.5, 0.6) is 5.75 Å². The molecule has 1 aliphatic carbocycles. The van der Waals surface area contributed by atoms with Crippen LogP contribution >= 0.6 is 0 Å². The lowest BCUT2D eigenvalue weighted by molar-refractivity contribution is 0.125. The lowest BCUT2D eigenvalue weighted by atomic mass is 9.86. The monoisotopic (exact) mass is 290 g/mol. The standard InChI is InChI=1S/C18H23FO2/c1-2-14-6-9-16(10-7-14)21-18-13-15(5-3-4-12-20)8-11-17(18)19/h8,11,13-14,16,20H,2,4,6-7,9-10,12H2,1H3. The quantitative estimate of drug-likeness (QED) is 0.852. The molecule has 0 atom stereocenters. The van der Waals surface area contributed by atoms with Gasteiger partial charge < -0.3 is 9.84 Å². The Morgan fingerprint density at radius 1 is 1.29 bits per heavy atom. The van der Waals surface area contributed by atoms with Crippen LogP contribution in [0.15, 0.2) is 18.2 Å². The molecule has 1 aromatic rings. The maximum absolute atomic E-state index is 13.8. The first-order valence-corrected chi connectivity index (χ1v) is 7.78. The highest BCUT2D eigenvalue weighted by molar-refractivity contribution is 5.40. The summed E-state index contributed by atoms with van der Waals surface area (Å²) in [6.45, 7) is 2.26. The lowest BCUT2D eigenvalue weighted by Crippen LogP contribution is -2.24. The molecule has 2 nitrogen and oxygen atoms in total. The van der Waals surface area contributed by atoms with Gasteiger partial charge in [0.05, 0.1) is 12.7 Å². The van der Waals surface area contributed by atoms with Gasteiger partial charge in [0, 0.05) is 12.0 Å². The summed E-state index contributed by atoms with van der Waals surface area (Å²) in [6, 6.07) is 4.70. The third-order valence-corrected chi connectivity index (χ3v) is 4.07. The zero-order chi connectivity index (χ0) is 15.1. The van der Waals surface area contributed by atoms with Gasteiger partial charge in [0.25, 0.3) is 0 Å². The van der Waals surface area contributed by atoms with Gasteiger partial charge in [-0.2, -0.15) is 0 Å². The van der Waals surface area contributed by atoms with E-state index in [0.717, 1.165) is 24.3 Å². The van der Waals surface area contributed by atoms with Gasteiger partial charge in [0.1, 0.15) is 0 Å². The topological polar surface area (TPSA) is 29.5 Å². The predicted molar refractivity (Wildman–Crippen MR) is 81.6 cm³/mol. The fraction of sp³-hybridized carbons (Fsp3) is 0.556. The number of aliphatic hydroxyl groups is 1. The van der Waals surface area contributed by atoms with Gasteiger partial charge in [-0.3, -0.25) is 0 Å². The molecular weight excluding hydrogens is 267 g/mol. The third kappa shape index (κ3) is 4.75. The van der Waals surface area contributed by atoms with Crippen LogP contribution in [0.25, 0.3) is 0 Å². The Balaban J connectivity index is 1.99. The van der Waals surface area contributed by atoms with Crippen molar-refractivity contribution in [2.24, 2.45) is 5.92 Å². The first-order valence-electron chi connectivity index (χ1n) is 7.78. The second-order valence-electron chi connectivity index (χ2n) is 5.59. The van der Waals surface area contributed by atoms with Gasteiger partial charge >= 0.3 is 0 Å². The average molecular weight is 290 g/mol. The third-order valence-electron chi connectivity index (χ3n) is 4.07. The van der Waals surface area contributed by atoms with Gasteiger partial charge in [-0.15, -0.1) is 0 Å². The van der Waals surface area contributed by atoms with Gasteiger partial charge in [0.2, 0.25) is 0 Å². The van der Waals surface area contributed by atoms with Crippen molar-refractivity contribution in [3.63, 3.8) is 0 Å². The molecule has 3 heteroatoms. The van der Waals surface area contributed by atoms with Crippen LogP contribution < -0.4 is 4.74 Å².